The highest BCUT2D eigenvalue weighted by Crippen LogP contribution is 2.20. The zero-order chi connectivity index (χ0) is 17.9. The van der Waals surface area contributed by atoms with Crippen LogP contribution in [0.2, 0.25) is 0 Å². The van der Waals surface area contributed by atoms with E-state index in [1.165, 1.54) is 33.8 Å². The Kier molecular flexibility index (Phi) is 5.18. The highest BCUT2D eigenvalue weighted by molar-refractivity contribution is 6.03. The first-order chi connectivity index (χ1) is 11.3. The standard InChI is InChI=1S/C16H19FN4O3/c1-10-14(15(19-21(10)4)16(23)20(2)3)18-13(22)9-24-12-7-5-11(17)6-8-12/h5-8H,9H2,1-4H3,(H,18,22). The van der Waals surface area contributed by atoms with Gasteiger partial charge in [0.1, 0.15) is 11.6 Å². The molecule has 0 aliphatic rings. The first-order valence-corrected chi connectivity index (χ1v) is 7.23. The predicted octanol–water partition coefficient (Wildman–Crippen LogP) is 1.59. The van der Waals surface area contributed by atoms with Crippen LogP contribution in [0, 0.1) is 12.7 Å². The van der Waals surface area contributed by atoms with Crippen molar-refractivity contribution >= 4 is 17.5 Å². The zero-order valence-corrected chi connectivity index (χ0v) is 14.0. The Morgan fingerprint density at radius 1 is 1.29 bits per heavy atom. The Morgan fingerprint density at radius 3 is 2.50 bits per heavy atom. The van der Waals surface area contributed by atoms with Crippen molar-refractivity contribution in [2.45, 2.75) is 6.92 Å². The number of carbonyl (C=O) groups is 2. The number of hydrogen-bond donors (Lipinski definition) is 1. The molecule has 8 heteroatoms. The molecule has 7 nitrogen and oxygen atoms in total. The van der Waals surface area contributed by atoms with E-state index in [0.717, 1.165) is 0 Å². The number of anilines is 1. The van der Waals surface area contributed by atoms with Crippen molar-refractivity contribution in [3.05, 3.63) is 41.5 Å². The summed E-state index contributed by atoms with van der Waals surface area (Å²) in [7, 11) is 4.90. The number of benzene rings is 1. The minimum Gasteiger partial charge on any atom is -0.484 e. The molecule has 24 heavy (non-hydrogen) atoms. The third-order valence-electron chi connectivity index (χ3n) is 3.39. The van der Waals surface area contributed by atoms with Crippen LogP contribution in [-0.4, -0.2) is 47.2 Å². The first kappa shape index (κ1) is 17.5. The van der Waals surface area contributed by atoms with Gasteiger partial charge in [0.2, 0.25) is 0 Å². The average molecular weight is 334 g/mol. The Morgan fingerprint density at radius 2 is 1.92 bits per heavy atom. The third-order valence-corrected chi connectivity index (χ3v) is 3.39. The Labute approximate surface area is 139 Å². The summed E-state index contributed by atoms with van der Waals surface area (Å²) in [5, 5.41) is 6.79. The van der Waals surface area contributed by atoms with E-state index >= 15 is 0 Å². The Balaban J connectivity index is 2.08. The number of aromatic nitrogens is 2. The normalized spacial score (nSPS) is 10.4. The van der Waals surface area contributed by atoms with Crippen LogP contribution in [0.15, 0.2) is 24.3 Å². The maximum atomic E-state index is 12.8. The molecule has 1 aromatic heterocycles. The van der Waals surface area contributed by atoms with E-state index in [4.69, 9.17) is 4.74 Å². The van der Waals surface area contributed by atoms with Gasteiger partial charge in [-0.15, -0.1) is 0 Å². The maximum Gasteiger partial charge on any atom is 0.276 e. The second kappa shape index (κ2) is 7.12. The fourth-order valence-electron chi connectivity index (χ4n) is 1.97. The van der Waals surface area contributed by atoms with Gasteiger partial charge < -0.3 is 15.0 Å². The minimum absolute atomic E-state index is 0.162. The lowest BCUT2D eigenvalue weighted by molar-refractivity contribution is -0.118. The average Bonchev–Trinajstić information content (AvgIpc) is 2.81. The lowest BCUT2D eigenvalue weighted by atomic mass is 10.2. The number of hydrogen-bond acceptors (Lipinski definition) is 4. The lowest BCUT2D eigenvalue weighted by Crippen LogP contribution is -2.26. The molecule has 1 N–H and O–H groups in total. The highest BCUT2D eigenvalue weighted by atomic mass is 19.1. The van der Waals surface area contributed by atoms with Gasteiger partial charge in [0.15, 0.2) is 12.3 Å². The molecular formula is C16H19FN4O3. The van der Waals surface area contributed by atoms with Gasteiger partial charge in [-0.2, -0.15) is 5.10 Å². The van der Waals surface area contributed by atoms with Crippen molar-refractivity contribution in [2.24, 2.45) is 7.05 Å². The van der Waals surface area contributed by atoms with Crippen LogP contribution in [0.4, 0.5) is 10.1 Å². The number of ether oxygens (including phenoxy) is 1. The summed E-state index contributed by atoms with van der Waals surface area (Å²) in [6.45, 7) is 1.48. The number of amides is 2. The molecule has 0 atom stereocenters. The molecule has 1 heterocycles. The molecule has 0 spiro atoms. The van der Waals surface area contributed by atoms with Gasteiger partial charge in [-0.3, -0.25) is 14.3 Å². The van der Waals surface area contributed by atoms with Gasteiger partial charge in [0.05, 0.1) is 11.4 Å². The molecule has 1 aromatic carbocycles. The quantitative estimate of drug-likeness (QED) is 0.901. The van der Waals surface area contributed by atoms with Crippen LogP contribution in [0.5, 0.6) is 5.75 Å². The molecule has 0 aliphatic carbocycles. The molecule has 0 unspecified atom stereocenters. The molecule has 0 aliphatic heterocycles. The summed E-state index contributed by atoms with van der Waals surface area (Å²) >= 11 is 0. The smallest absolute Gasteiger partial charge is 0.276 e. The molecule has 2 amide bonds. The second-order valence-electron chi connectivity index (χ2n) is 5.42. The van der Waals surface area contributed by atoms with Crippen LogP contribution in [0.3, 0.4) is 0 Å². The van der Waals surface area contributed by atoms with Crippen molar-refractivity contribution in [1.82, 2.24) is 14.7 Å². The van der Waals surface area contributed by atoms with E-state index in [1.807, 2.05) is 0 Å². The lowest BCUT2D eigenvalue weighted by Gasteiger charge is -2.11. The molecular weight excluding hydrogens is 315 g/mol. The van der Waals surface area contributed by atoms with Gasteiger partial charge >= 0.3 is 0 Å². The van der Waals surface area contributed by atoms with Crippen molar-refractivity contribution < 1.29 is 18.7 Å². The molecule has 0 saturated heterocycles. The van der Waals surface area contributed by atoms with E-state index < -0.39 is 5.91 Å². The number of nitrogens with one attached hydrogen (secondary N) is 1. The topological polar surface area (TPSA) is 76.5 Å². The monoisotopic (exact) mass is 334 g/mol. The van der Waals surface area contributed by atoms with Crippen LogP contribution in [-0.2, 0) is 11.8 Å². The van der Waals surface area contributed by atoms with E-state index in [-0.39, 0.29) is 24.0 Å². The summed E-state index contributed by atoms with van der Waals surface area (Å²) in [4.78, 5) is 25.6. The predicted molar refractivity (Wildman–Crippen MR) is 86.5 cm³/mol. The summed E-state index contributed by atoms with van der Waals surface area (Å²) in [6, 6.07) is 5.34. The zero-order valence-electron chi connectivity index (χ0n) is 14.0. The van der Waals surface area contributed by atoms with Gasteiger partial charge in [-0.1, -0.05) is 0 Å². The summed E-state index contributed by atoms with van der Waals surface area (Å²) < 4.78 is 19.6. The Hall–Kier alpha value is -2.90. The van der Waals surface area contributed by atoms with E-state index in [2.05, 4.69) is 10.4 Å². The number of nitrogens with zero attached hydrogens (tertiary/aromatic N) is 3. The molecule has 0 bridgehead atoms. The molecule has 2 aromatic rings. The van der Waals surface area contributed by atoms with Crippen molar-refractivity contribution in [2.75, 3.05) is 26.0 Å². The number of aryl methyl sites for hydroxylation is 1. The molecule has 128 valence electrons. The van der Waals surface area contributed by atoms with E-state index in [9.17, 15) is 14.0 Å². The van der Waals surface area contributed by atoms with Crippen LogP contribution >= 0.6 is 0 Å². The SMILES string of the molecule is Cc1c(NC(=O)COc2ccc(F)cc2)c(C(=O)N(C)C)nn1C. The van der Waals surface area contributed by atoms with Gasteiger partial charge in [-0.05, 0) is 31.2 Å². The van der Waals surface area contributed by atoms with Crippen LogP contribution < -0.4 is 10.1 Å². The Bertz CT molecular complexity index is 753. The molecule has 0 radical (unpaired) electrons. The maximum absolute atomic E-state index is 12.8. The summed E-state index contributed by atoms with van der Waals surface area (Å²) in [5.41, 5.74) is 1.16. The van der Waals surface area contributed by atoms with Crippen molar-refractivity contribution in [3.63, 3.8) is 0 Å². The fourth-order valence-corrected chi connectivity index (χ4v) is 1.97. The van der Waals surface area contributed by atoms with Crippen molar-refractivity contribution in [3.8, 4) is 5.75 Å². The molecule has 0 fully saturated rings. The number of carbonyl (C=O) groups excluding carboxylic acids is 2. The van der Waals surface area contributed by atoms with E-state index in [1.54, 1.807) is 28.1 Å². The van der Waals surface area contributed by atoms with Crippen molar-refractivity contribution in [1.29, 1.82) is 0 Å². The van der Waals surface area contributed by atoms with Gasteiger partial charge in [-0.25, -0.2) is 4.39 Å². The van der Waals surface area contributed by atoms with Gasteiger partial charge in [0, 0.05) is 21.1 Å². The first-order valence-electron chi connectivity index (χ1n) is 7.23. The minimum atomic E-state index is -0.441. The van der Waals surface area contributed by atoms with E-state index in [0.29, 0.717) is 17.1 Å². The summed E-state index contributed by atoms with van der Waals surface area (Å²) in [5.74, 6) is -0.764. The fraction of sp³-hybridized carbons (Fsp3) is 0.312. The second-order valence-corrected chi connectivity index (χ2v) is 5.42. The number of halogens is 1. The molecule has 0 saturated carbocycles. The number of rotatable bonds is 5. The summed E-state index contributed by atoms with van der Waals surface area (Å²) in [6.07, 6.45) is 0. The molecule has 2 rings (SSSR count). The van der Waals surface area contributed by atoms with Crippen LogP contribution in [0.1, 0.15) is 16.2 Å². The third kappa shape index (κ3) is 3.89. The van der Waals surface area contributed by atoms with Crippen LogP contribution in [0.25, 0.3) is 0 Å². The van der Waals surface area contributed by atoms with Gasteiger partial charge in [0.25, 0.3) is 11.8 Å². The largest absolute Gasteiger partial charge is 0.484 e. The highest BCUT2D eigenvalue weighted by Gasteiger charge is 2.22.